The first-order valence-corrected chi connectivity index (χ1v) is 12.6. The molecule has 7 heteroatoms. The summed E-state index contributed by atoms with van der Waals surface area (Å²) < 4.78 is 52.1. The van der Waals surface area contributed by atoms with Crippen LogP contribution in [-0.2, 0) is 19.7 Å². The number of hydrogen-bond acceptors (Lipinski definition) is 5. The fourth-order valence-electron chi connectivity index (χ4n) is 3.40. The molecule has 1 atom stereocenters. The van der Waals surface area contributed by atoms with E-state index in [2.05, 4.69) is 0 Å². The summed E-state index contributed by atoms with van der Waals surface area (Å²) in [5.41, 5.74) is 0. The Balaban J connectivity index is 2.60. The zero-order chi connectivity index (χ0) is 20.6. The van der Waals surface area contributed by atoms with E-state index in [1.807, 2.05) is 6.92 Å². The summed E-state index contributed by atoms with van der Waals surface area (Å²) in [7, 11) is -8.33. The first-order valence-electron chi connectivity index (χ1n) is 9.54. The van der Waals surface area contributed by atoms with Gasteiger partial charge in [0.1, 0.15) is 0 Å². The minimum Gasteiger partial charge on any atom is -0.396 e. The van der Waals surface area contributed by atoms with Gasteiger partial charge >= 0.3 is 0 Å². The summed E-state index contributed by atoms with van der Waals surface area (Å²) in [6, 6.07) is 15.4. The number of aliphatic hydroxyl groups excluding tert-OH is 1. The lowest BCUT2D eigenvalue weighted by Gasteiger charge is -2.27. The second-order valence-electron chi connectivity index (χ2n) is 6.85. The van der Waals surface area contributed by atoms with Crippen LogP contribution in [-0.4, -0.2) is 33.1 Å². The third-order valence-corrected chi connectivity index (χ3v) is 10.2. The van der Waals surface area contributed by atoms with Crippen LogP contribution in [0, 0.1) is 5.92 Å². The average molecular weight is 425 g/mol. The average Bonchev–Trinajstić information content (AvgIpc) is 2.69. The third-order valence-electron chi connectivity index (χ3n) is 4.82. The van der Waals surface area contributed by atoms with Crippen LogP contribution in [0.4, 0.5) is 0 Å². The zero-order valence-electron chi connectivity index (χ0n) is 16.1. The maximum atomic E-state index is 13.4. The van der Waals surface area contributed by atoms with Crippen LogP contribution in [0.5, 0.6) is 0 Å². The van der Waals surface area contributed by atoms with E-state index < -0.39 is 30.2 Å². The smallest absolute Gasteiger partial charge is 0.196 e. The van der Waals surface area contributed by atoms with E-state index in [0.29, 0.717) is 12.8 Å². The van der Waals surface area contributed by atoms with Crippen molar-refractivity contribution >= 4 is 19.7 Å². The van der Waals surface area contributed by atoms with Gasteiger partial charge in [-0.15, -0.1) is 0 Å². The number of hydrogen-bond donors (Lipinski definition) is 1. The molecule has 28 heavy (non-hydrogen) atoms. The van der Waals surface area contributed by atoms with E-state index in [1.54, 1.807) is 36.4 Å². The topological polar surface area (TPSA) is 88.5 Å². The molecule has 2 aromatic carbocycles. The molecule has 0 saturated heterocycles. The third kappa shape index (κ3) is 5.21. The summed E-state index contributed by atoms with van der Waals surface area (Å²) in [6.45, 7) is 1.77. The van der Waals surface area contributed by atoms with Crippen molar-refractivity contribution in [2.24, 2.45) is 5.92 Å². The van der Waals surface area contributed by atoms with Gasteiger partial charge in [-0.3, -0.25) is 0 Å². The van der Waals surface area contributed by atoms with Crippen molar-refractivity contribution in [1.82, 2.24) is 0 Å². The van der Waals surface area contributed by atoms with E-state index in [-0.39, 0.29) is 22.8 Å². The molecule has 154 valence electrons. The Morgan fingerprint density at radius 1 is 0.750 bits per heavy atom. The van der Waals surface area contributed by atoms with Crippen molar-refractivity contribution in [3.05, 3.63) is 60.7 Å². The van der Waals surface area contributed by atoms with Gasteiger partial charge in [-0.05, 0) is 43.0 Å². The predicted octanol–water partition coefficient (Wildman–Crippen LogP) is 3.84. The number of unbranched alkanes of at least 4 members (excludes halogenated alkanes) is 2. The van der Waals surface area contributed by atoms with E-state index >= 15 is 0 Å². The second kappa shape index (κ2) is 10.2. The lowest BCUT2D eigenvalue weighted by Crippen LogP contribution is -2.38. The second-order valence-corrected chi connectivity index (χ2v) is 11.3. The molecule has 0 aromatic heterocycles. The maximum absolute atomic E-state index is 13.4. The van der Waals surface area contributed by atoms with Gasteiger partial charge in [0.25, 0.3) is 0 Å². The molecule has 0 fully saturated rings. The van der Waals surface area contributed by atoms with Crippen LogP contribution in [0.1, 0.15) is 39.0 Å². The van der Waals surface area contributed by atoms with Gasteiger partial charge < -0.3 is 5.11 Å². The fourth-order valence-corrected chi connectivity index (χ4v) is 8.57. The molecule has 0 aliphatic carbocycles. The molecule has 0 amide bonds. The van der Waals surface area contributed by atoms with Gasteiger partial charge in [0.15, 0.2) is 24.3 Å². The Kier molecular flexibility index (Phi) is 8.22. The van der Waals surface area contributed by atoms with E-state index in [9.17, 15) is 21.9 Å². The number of sulfone groups is 2. The number of aliphatic hydroxyl groups is 1. The van der Waals surface area contributed by atoms with Crippen LogP contribution >= 0.6 is 0 Å². The molecule has 0 aliphatic heterocycles. The summed E-state index contributed by atoms with van der Waals surface area (Å²) >= 11 is 0. The van der Waals surface area contributed by atoms with Crippen molar-refractivity contribution < 1.29 is 21.9 Å². The van der Waals surface area contributed by atoms with Crippen LogP contribution in [0.3, 0.4) is 0 Å². The minimum atomic E-state index is -4.16. The summed E-state index contributed by atoms with van der Waals surface area (Å²) in [5, 5.41) is 9.53. The van der Waals surface area contributed by atoms with E-state index in [1.165, 1.54) is 24.3 Å². The molecule has 0 saturated carbocycles. The Hall–Kier alpha value is -1.70. The van der Waals surface area contributed by atoms with Gasteiger partial charge in [0.05, 0.1) is 9.79 Å². The van der Waals surface area contributed by atoms with Crippen molar-refractivity contribution in [3.63, 3.8) is 0 Å². The van der Waals surface area contributed by atoms with Gasteiger partial charge in [0.2, 0.25) is 0 Å². The van der Waals surface area contributed by atoms with Crippen LogP contribution < -0.4 is 0 Å². The lowest BCUT2D eigenvalue weighted by atomic mass is 10.00. The zero-order valence-corrected chi connectivity index (χ0v) is 17.7. The molecule has 0 heterocycles. The summed E-state index contributed by atoms with van der Waals surface area (Å²) in [4.78, 5) is -0.0316. The molecule has 0 unspecified atom stereocenters. The minimum absolute atomic E-state index is 0.0158. The first-order chi connectivity index (χ1) is 13.4. The fraction of sp³-hybridized carbons (Fsp3) is 0.429. The molecule has 5 nitrogen and oxygen atoms in total. The monoisotopic (exact) mass is 424 g/mol. The van der Waals surface area contributed by atoms with Crippen LogP contribution in [0.15, 0.2) is 70.5 Å². The van der Waals surface area contributed by atoms with Crippen LogP contribution in [0.2, 0.25) is 0 Å². The Labute approximate surface area is 168 Å². The number of benzene rings is 2. The van der Waals surface area contributed by atoms with E-state index in [0.717, 1.165) is 12.8 Å². The van der Waals surface area contributed by atoms with Gasteiger partial charge in [-0.2, -0.15) is 0 Å². The molecule has 0 spiro atoms. The quantitative estimate of drug-likeness (QED) is 0.554. The molecule has 2 aromatic rings. The normalized spacial score (nSPS) is 13.5. The predicted molar refractivity (Wildman–Crippen MR) is 110 cm³/mol. The molecule has 1 N–H and O–H groups in total. The molecule has 0 aliphatic rings. The van der Waals surface area contributed by atoms with Crippen molar-refractivity contribution in [1.29, 1.82) is 0 Å². The van der Waals surface area contributed by atoms with Gasteiger partial charge in [-0.25, -0.2) is 16.8 Å². The highest BCUT2D eigenvalue weighted by Gasteiger charge is 2.44. The Morgan fingerprint density at radius 3 is 1.61 bits per heavy atom. The lowest BCUT2D eigenvalue weighted by molar-refractivity contribution is 0.253. The molecule has 0 radical (unpaired) electrons. The summed E-state index contributed by atoms with van der Waals surface area (Å²) in [5.74, 6) is -0.688. The van der Waals surface area contributed by atoms with Crippen molar-refractivity contribution in [2.45, 2.75) is 53.4 Å². The largest absolute Gasteiger partial charge is 0.396 e. The SMILES string of the molecule is CCCCC[C@H](CCO)C(S(=O)(=O)c1ccccc1)S(=O)(=O)c1ccccc1. The van der Waals surface area contributed by atoms with Gasteiger partial charge in [-0.1, -0.05) is 62.6 Å². The first kappa shape index (κ1) is 22.6. The van der Waals surface area contributed by atoms with Crippen molar-refractivity contribution in [2.75, 3.05) is 6.61 Å². The Bertz CT molecular complexity index is 854. The van der Waals surface area contributed by atoms with Crippen molar-refractivity contribution in [3.8, 4) is 0 Å². The van der Waals surface area contributed by atoms with E-state index in [4.69, 9.17) is 0 Å². The highest BCUT2D eigenvalue weighted by molar-refractivity contribution is 8.09. The van der Waals surface area contributed by atoms with Crippen LogP contribution in [0.25, 0.3) is 0 Å². The molecule has 0 bridgehead atoms. The standard InChI is InChI=1S/C21H28O5S2/c1-2-3-6-11-18(16-17-22)21(27(23,24)19-12-7-4-8-13-19)28(25,26)20-14-9-5-10-15-20/h4-5,7-10,12-15,18,21-22H,2-3,6,11,16-17H2,1H3/t18-/m1/s1. The number of rotatable bonds is 11. The molecular formula is C21H28O5S2. The summed E-state index contributed by atoms with van der Waals surface area (Å²) in [6.07, 6.45) is 3.08. The molecular weight excluding hydrogens is 396 g/mol. The van der Waals surface area contributed by atoms with Gasteiger partial charge in [0, 0.05) is 6.61 Å². The highest BCUT2D eigenvalue weighted by Crippen LogP contribution is 2.34. The maximum Gasteiger partial charge on any atom is 0.196 e. The Morgan fingerprint density at radius 2 is 1.21 bits per heavy atom. The highest BCUT2D eigenvalue weighted by atomic mass is 32.3. The molecule has 2 rings (SSSR count).